The quantitative estimate of drug-likeness (QED) is 0.835. The molecule has 0 unspecified atom stereocenters. The molecule has 0 saturated carbocycles. The first-order valence-electron chi connectivity index (χ1n) is 5.82. The lowest BCUT2D eigenvalue weighted by Crippen LogP contribution is -2.22. The zero-order valence-corrected chi connectivity index (χ0v) is 10.7. The van der Waals surface area contributed by atoms with Gasteiger partial charge in [-0.1, -0.05) is 23.4 Å². The average molecular weight is 249 g/mol. The van der Waals surface area contributed by atoms with Crippen LogP contribution in [0.2, 0.25) is 0 Å². The van der Waals surface area contributed by atoms with Crippen LogP contribution in [0.25, 0.3) is 0 Å². The summed E-state index contributed by atoms with van der Waals surface area (Å²) in [6.45, 7) is 4.22. The third-order valence-electron chi connectivity index (χ3n) is 2.94. The van der Waals surface area contributed by atoms with E-state index in [1.54, 1.807) is 19.1 Å². The molecule has 0 saturated heterocycles. The molecule has 1 heterocycles. The predicted molar refractivity (Wildman–Crippen MR) is 65.3 cm³/mol. The first-order valence-corrected chi connectivity index (χ1v) is 5.82. The van der Waals surface area contributed by atoms with Crippen LogP contribution in [0.1, 0.15) is 30.2 Å². The molecule has 0 radical (unpaired) electrons. The summed E-state index contributed by atoms with van der Waals surface area (Å²) in [4.78, 5) is 6.15. The van der Waals surface area contributed by atoms with Gasteiger partial charge in [0.1, 0.15) is 5.82 Å². The maximum Gasteiger partial charge on any atom is 0.243 e. The first kappa shape index (κ1) is 12.7. The van der Waals surface area contributed by atoms with E-state index in [4.69, 9.17) is 4.52 Å². The number of aryl methyl sites for hydroxylation is 1. The van der Waals surface area contributed by atoms with Gasteiger partial charge in [0.2, 0.25) is 5.89 Å². The van der Waals surface area contributed by atoms with Gasteiger partial charge in [-0.2, -0.15) is 4.98 Å². The van der Waals surface area contributed by atoms with Crippen LogP contribution in [0.5, 0.6) is 0 Å². The minimum atomic E-state index is -0.196. The second kappa shape index (κ2) is 5.27. The van der Waals surface area contributed by atoms with Gasteiger partial charge in [-0.15, -0.1) is 0 Å². The Balaban J connectivity index is 2.08. The van der Waals surface area contributed by atoms with Crippen molar-refractivity contribution in [3.63, 3.8) is 0 Å². The van der Waals surface area contributed by atoms with Crippen molar-refractivity contribution in [3.8, 4) is 0 Å². The van der Waals surface area contributed by atoms with Crippen molar-refractivity contribution in [2.45, 2.75) is 26.4 Å². The van der Waals surface area contributed by atoms with Crippen LogP contribution in [0.4, 0.5) is 4.39 Å². The lowest BCUT2D eigenvalue weighted by atomic mass is 10.2. The summed E-state index contributed by atoms with van der Waals surface area (Å²) in [6, 6.07) is 6.70. The molecule has 2 rings (SSSR count). The number of rotatable bonds is 4. The zero-order valence-electron chi connectivity index (χ0n) is 10.7. The van der Waals surface area contributed by atoms with Gasteiger partial charge >= 0.3 is 0 Å². The normalized spacial score (nSPS) is 12.9. The third kappa shape index (κ3) is 2.73. The van der Waals surface area contributed by atoms with Gasteiger partial charge in [-0.05, 0) is 27.0 Å². The van der Waals surface area contributed by atoms with Crippen molar-refractivity contribution in [1.82, 2.24) is 15.0 Å². The molecule has 4 nitrogen and oxygen atoms in total. The smallest absolute Gasteiger partial charge is 0.243 e. The monoisotopic (exact) mass is 249 g/mol. The number of hydrogen-bond acceptors (Lipinski definition) is 4. The minimum Gasteiger partial charge on any atom is -0.338 e. The van der Waals surface area contributed by atoms with E-state index in [9.17, 15) is 4.39 Å². The SMILES string of the molecule is Cc1noc([C@@H](C)N(C)Cc2ccccc2F)n1. The van der Waals surface area contributed by atoms with Crippen LogP contribution in [0.3, 0.4) is 0 Å². The Morgan fingerprint density at radius 2 is 2.11 bits per heavy atom. The second-order valence-electron chi connectivity index (χ2n) is 4.36. The van der Waals surface area contributed by atoms with Crippen LogP contribution in [0, 0.1) is 12.7 Å². The van der Waals surface area contributed by atoms with Gasteiger partial charge in [0.15, 0.2) is 5.82 Å². The van der Waals surface area contributed by atoms with E-state index >= 15 is 0 Å². The number of nitrogens with zero attached hydrogens (tertiary/aromatic N) is 3. The molecule has 1 aromatic heterocycles. The number of benzene rings is 1. The standard InChI is InChI=1S/C13H16FN3O/c1-9(13-15-10(2)16-18-13)17(3)8-11-6-4-5-7-12(11)14/h4-7,9H,8H2,1-3H3/t9-/m1/s1. The number of hydrogen-bond donors (Lipinski definition) is 0. The maximum absolute atomic E-state index is 13.5. The molecular weight excluding hydrogens is 233 g/mol. The fourth-order valence-corrected chi connectivity index (χ4v) is 1.70. The lowest BCUT2D eigenvalue weighted by Gasteiger charge is -2.21. The van der Waals surface area contributed by atoms with E-state index in [0.29, 0.717) is 23.8 Å². The Kier molecular flexibility index (Phi) is 3.72. The summed E-state index contributed by atoms with van der Waals surface area (Å²) in [6.07, 6.45) is 0. The van der Waals surface area contributed by atoms with Crippen LogP contribution in [-0.2, 0) is 6.54 Å². The van der Waals surface area contributed by atoms with Gasteiger partial charge in [0.25, 0.3) is 0 Å². The van der Waals surface area contributed by atoms with Crippen LogP contribution in [-0.4, -0.2) is 22.1 Å². The Bertz CT molecular complexity index is 526. The van der Waals surface area contributed by atoms with Crippen molar-refractivity contribution in [2.75, 3.05) is 7.05 Å². The molecule has 96 valence electrons. The van der Waals surface area contributed by atoms with E-state index in [0.717, 1.165) is 0 Å². The van der Waals surface area contributed by atoms with E-state index in [1.807, 2.05) is 24.9 Å². The molecule has 0 aliphatic heterocycles. The van der Waals surface area contributed by atoms with Crippen LogP contribution < -0.4 is 0 Å². The third-order valence-corrected chi connectivity index (χ3v) is 2.94. The molecule has 0 aliphatic carbocycles. The highest BCUT2D eigenvalue weighted by molar-refractivity contribution is 5.17. The zero-order chi connectivity index (χ0) is 13.1. The summed E-state index contributed by atoms with van der Waals surface area (Å²) in [5.74, 6) is 0.959. The van der Waals surface area contributed by atoms with Gasteiger partial charge in [0.05, 0.1) is 6.04 Å². The molecular formula is C13H16FN3O. The van der Waals surface area contributed by atoms with Crippen molar-refractivity contribution < 1.29 is 8.91 Å². The summed E-state index contributed by atoms with van der Waals surface area (Å²) in [5.41, 5.74) is 0.656. The van der Waals surface area contributed by atoms with Crippen molar-refractivity contribution in [1.29, 1.82) is 0 Å². The van der Waals surface area contributed by atoms with E-state index in [-0.39, 0.29) is 11.9 Å². The molecule has 0 amide bonds. The molecule has 2 aromatic rings. The first-order chi connectivity index (χ1) is 8.58. The van der Waals surface area contributed by atoms with E-state index in [1.165, 1.54) is 6.07 Å². The van der Waals surface area contributed by atoms with Gasteiger partial charge in [-0.3, -0.25) is 4.90 Å². The molecule has 1 aromatic carbocycles. The second-order valence-corrected chi connectivity index (χ2v) is 4.36. The lowest BCUT2D eigenvalue weighted by molar-refractivity contribution is 0.200. The fraction of sp³-hybridized carbons (Fsp3) is 0.385. The summed E-state index contributed by atoms with van der Waals surface area (Å²) >= 11 is 0. The fourth-order valence-electron chi connectivity index (χ4n) is 1.70. The predicted octanol–water partition coefficient (Wildman–Crippen LogP) is 2.71. The van der Waals surface area contributed by atoms with Crippen LogP contribution in [0.15, 0.2) is 28.8 Å². The van der Waals surface area contributed by atoms with Gasteiger partial charge in [0, 0.05) is 12.1 Å². The molecule has 0 aliphatic rings. The highest BCUT2D eigenvalue weighted by atomic mass is 19.1. The molecule has 5 heteroatoms. The Morgan fingerprint density at radius 1 is 1.39 bits per heavy atom. The van der Waals surface area contributed by atoms with Crippen molar-refractivity contribution in [3.05, 3.63) is 47.4 Å². The Labute approximate surface area is 105 Å². The highest BCUT2D eigenvalue weighted by Gasteiger charge is 2.18. The number of aromatic nitrogens is 2. The topological polar surface area (TPSA) is 42.2 Å². The van der Waals surface area contributed by atoms with Crippen molar-refractivity contribution >= 4 is 0 Å². The molecule has 0 fully saturated rings. The Morgan fingerprint density at radius 3 is 2.72 bits per heavy atom. The minimum absolute atomic E-state index is 0.0502. The Hall–Kier alpha value is -1.75. The molecule has 18 heavy (non-hydrogen) atoms. The summed E-state index contributed by atoms with van der Waals surface area (Å²) in [5, 5.41) is 3.76. The molecule has 0 spiro atoms. The van der Waals surface area contributed by atoms with E-state index < -0.39 is 0 Å². The summed E-state index contributed by atoms with van der Waals surface area (Å²) in [7, 11) is 1.90. The number of halogens is 1. The largest absolute Gasteiger partial charge is 0.338 e. The highest BCUT2D eigenvalue weighted by Crippen LogP contribution is 2.19. The maximum atomic E-state index is 13.5. The van der Waals surface area contributed by atoms with Gasteiger partial charge < -0.3 is 4.52 Å². The molecule has 1 atom stereocenters. The van der Waals surface area contributed by atoms with Gasteiger partial charge in [-0.25, -0.2) is 4.39 Å². The molecule has 0 N–H and O–H groups in total. The van der Waals surface area contributed by atoms with Crippen molar-refractivity contribution in [2.24, 2.45) is 0 Å². The molecule has 0 bridgehead atoms. The van der Waals surface area contributed by atoms with E-state index in [2.05, 4.69) is 10.1 Å². The van der Waals surface area contributed by atoms with Crippen LogP contribution >= 0.6 is 0 Å². The average Bonchev–Trinajstić information content (AvgIpc) is 2.78. The summed E-state index contributed by atoms with van der Waals surface area (Å²) < 4.78 is 18.7.